The molecular weight excluding hydrogens is 298 g/mol. The number of hydrogen-bond donors (Lipinski definition) is 2. The highest BCUT2D eigenvalue weighted by Gasteiger charge is 2.11. The van der Waals surface area contributed by atoms with Gasteiger partial charge in [0.1, 0.15) is 11.3 Å². The summed E-state index contributed by atoms with van der Waals surface area (Å²) in [6.45, 7) is 0.270. The third kappa shape index (κ3) is 3.63. The number of pyridine rings is 1. The van der Waals surface area contributed by atoms with Crippen molar-refractivity contribution in [1.82, 2.24) is 4.98 Å². The molecule has 0 spiro atoms. The molecule has 0 aliphatic rings. The number of aromatic nitrogens is 1. The fourth-order valence-electron chi connectivity index (χ4n) is 2.52. The van der Waals surface area contributed by atoms with Gasteiger partial charge >= 0.3 is 0 Å². The Morgan fingerprint density at radius 1 is 1.09 bits per heavy atom. The summed E-state index contributed by atoms with van der Waals surface area (Å²) in [6, 6.07) is 13.3. The maximum absolute atomic E-state index is 13.7. The van der Waals surface area contributed by atoms with E-state index >= 15 is 0 Å². The van der Waals surface area contributed by atoms with Crippen LogP contribution in [-0.4, -0.2) is 22.7 Å². The summed E-state index contributed by atoms with van der Waals surface area (Å²) in [5, 5.41) is 13.5. The third-order valence-electron chi connectivity index (χ3n) is 3.61. The van der Waals surface area contributed by atoms with E-state index in [0.717, 1.165) is 11.6 Å². The Morgan fingerprint density at radius 2 is 1.87 bits per heavy atom. The first-order chi connectivity index (χ1) is 11.1. The fourth-order valence-corrected chi connectivity index (χ4v) is 2.52. The zero-order valence-corrected chi connectivity index (χ0v) is 12.3. The number of anilines is 1. The van der Waals surface area contributed by atoms with Gasteiger partial charge in [-0.1, -0.05) is 30.3 Å². The Bertz CT molecular complexity index is 809. The average Bonchev–Trinajstić information content (AvgIpc) is 2.54. The van der Waals surface area contributed by atoms with Crippen molar-refractivity contribution in [2.75, 3.05) is 11.9 Å². The van der Waals surface area contributed by atoms with Gasteiger partial charge in [0.15, 0.2) is 5.82 Å². The van der Waals surface area contributed by atoms with Crippen LogP contribution >= 0.6 is 0 Å². The van der Waals surface area contributed by atoms with Crippen molar-refractivity contribution in [1.29, 1.82) is 0 Å². The molecule has 23 heavy (non-hydrogen) atoms. The van der Waals surface area contributed by atoms with E-state index in [0.29, 0.717) is 17.5 Å². The molecule has 0 amide bonds. The first-order valence-corrected chi connectivity index (χ1v) is 7.33. The zero-order valence-electron chi connectivity index (χ0n) is 12.3. The van der Waals surface area contributed by atoms with Gasteiger partial charge in [0, 0.05) is 36.3 Å². The average molecular weight is 314 g/mol. The number of halogens is 2. The molecule has 2 aromatic carbocycles. The van der Waals surface area contributed by atoms with Gasteiger partial charge in [-0.05, 0) is 17.7 Å². The van der Waals surface area contributed by atoms with Crippen molar-refractivity contribution >= 4 is 16.6 Å². The Morgan fingerprint density at radius 3 is 2.65 bits per heavy atom. The number of hydrogen-bond acceptors (Lipinski definition) is 3. The van der Waals surface area contributed by atoms with E-state index in [1.54, 1.807) is 6.07 Å². The molecule has 0 fully saturated rings. The lowest BCUT2D eigenvalue weighted by atomic mass is 10.1. The van der Waals surface area contributed by atoms with Crippen LogP contribution in [0.4, 0.5) is 14.5 Å². The summed E-state index contributed by atoms with van der Waals surface area (Å²) in [5.41, 5.74) is 1.67. The predicted molar refractivity (Wildman–Crippen MR) is 86.3 cm³/mol. The van der Waals surface area contributed by atoms with Crippen molar-refractivity contribution in [3.05, 3.63) is 71.9 Å². The Kier molecular flexibility index (Phi) is 4.48. The summed E-state index contributed by atoms with van der Waals surface area (Å²) < 4.78 is 27.2. The van der Waals surface area contributed by atoms with Crippen LogP contribution in [-0.2, 0) is 6.42 Å². The number of aliphatic hydroxyl groups excluding tert-OH is 1. The molecule has 3 aromatic rings. The summed E-state index contributed by atoms with van der Waals surface area (Å²) >= 11 is 0. The second-order valence-electron chi connectivity index (χ2n) is 5.37. The lowest BCUT2D eigenvalue weighted by Gasteiger charge is -2.14. The smallest absolute Gasteiger partial charge is 0.152 e. The summed E-state index contributed by atoms with van der Waals surface area (Å²) in [5.74, 6) is -1.36. The van der Waals surface area contributed by atoms with Crippen molar-refractivity contribution in [3.63, 3.8) is 0 Å². The van der Waals surface area contributed by atoms with Gasteiger partial charge in [-0.2, -0.15) is 0 Å². The lowest BCUT2D eigenvalue weighted by Crippen LogP contribution is -2.22. The van der Waals surface area contributed by atoms with Gasteiger partial charge in [0.25, 0.3) is 0 Å². The van der Waals surface area contributed by atoms with Crippen LogP contribution in [0.3, 0.4) is 0 Å². The van der Waals surface area contributed by atoms with Gasteiger partial charge in [-0.25, -0.2) is 8.78 Å². The van der Waals surface area contributed by atoms with Gasteiger partial charge in [0.2, 0.25) is 0 Å². The molecule has 0 saturated carbocycles. The Balaban J connectivity index is 1.74. The second-order valence-corrected chi connectivity index (χ2v) is 5.37. The van der Waals surface area contributed by atoms with E-state index < -0.39 is 17.7 Å². The lowest BCUT2D eigenvalue weighted by molar-refractivity contribution is 0.188. The van der Waals surface area contributed by atoms with Crippen molar-refractivity contribution in [2.24, 2.45) is 0 Å². The number of nitrogens with zero attached hydrogens (tertiary/aromatic N) is 1. The van der Waals surface area contributed by atoms with Crippen LogP contribution in [0.2, 0.25) is 0 Å². The molecule has 0 saturated heterocycles. The Labute approximate surface area is 132 Å². The first-order valence-electron chi connectivity index (χ1n) is 7.33. The normalized spacial score (nSPS) is 12.3. The van der Waals surface area contributed by atoms with Gasteiger partial charge < -0.3 is 10.4 Å². The molecule has 1 heterocycles. The first kappa shape index (κ1) is 15.4. The van der Waals surface area contributed by atoms with Gasteiger partial charge in [-0.15, -0.1) is 0 Å². The maximum atomic E-state index is 13.7. The molecule has 3 rings (SSSR count). The molecule has 1 unspecified atom stereocenters. The molecule has 0 aliphatic carbocycles. The Hall–Kier alpha value is -2.53. The molecule has 5 heteroatoms. The number of benzene rings is 2. The summed E-state index contributed by atoms with van der Waals surface area (Å²) in [6.07, 6.45) is 1.34. The van der Waals surface area contributed by atoms with Crippen molar-refractivity contribution in [3.8, 4) is 0 Å². The largest absolute Gasteiger partial charge is 0.391 e. The predicted octanol–water partition coefficient (Wildman–Crippen LogP) is 3.53. The SMILES string of the molecule is OC(CNc1ccnc2c(F)cc(F)cc12)Cc1ccccc1. The summed E-state index contributed by atoms with van der Waals surface area (Å²) in [7, 11) is 0. The minimum Gasteiger partial charge on any atom is -0.391 e. The molecule has 2 N–H and O–H groups in total. The number of aliphatic hydroxyl groups is 1. The van der Waals surface area contributed by atoms with E-state index in [-0.39, 0.29) is 12.1 Å². The van der Waals surface area contributed by atoms with Gasteiger partial charge in [-0.3, -0.25) is 4.98 Å². The van der Waals surface area contributed by atoms with E-state index in [4.69, 9.17) is 0 Å². The monoisotopic (exact) mass is 314 g/mol. The summed E-state index contributed by atoms with van der Waals surface area (Å²) in [4.78, 5) is 3.93. The molecular formula is C18H16F2N2O. The van der Waals surface area contributed by atoms with Crippen molar-refractivity contribution in [2.45, 2.75) is 12.5 Å². The van der Waals surface area contributed by atoms with Crippen LogP contribution < -0.4 is 5.32 Å². The van der Waals surface area contributed by atoms with E-state index in [1.807, 2.05) is 30.3 Å². The van der Waals surface area contributed by atoms with Crippen LogP contribution in [0.25, 0.3) is 10.9 Å². The molecule has 1 atom stereocenters. The van der Waals surface area contributed by atoms with E-state index in [2.05, 4.69) is 10.3 Å². The third-order valence-corrected chi connectivity index (χ3v) is 3.61. The van der Waals surface area contributed by atoms with E-state index in [1.165, 1.54) is 12.3 Å². The molecule has 1 aromatic heterocycles. The van der Waals surface area contributed by atoms with Crippen LogP contribution in [0.1, 0.15) is 5.56 Å². The van der Waals surface area contributed by atoms with Crippen LogP contribution in [0.15, 0.2) is 54.7 Å². The standard InChI is InChI=1S/C18H16F2N2O/c19-13-9-15-17(6-7-21-18(15)16(20)10-13)22-11-14(23)8-12-4-2-1-3-5-12/h1-7,9-10,14,23H,8,11H2,(H,21,22). The minimum atomic E-state index is -0.700. The second kappa shape index (κ2) is 6.71. The maximum Gasteiger partial charge on any atom is 0.152 e. The van der Waals surface area contributed by atoms with Crippen molar-refractivity contribution < 1.29 is 13.9 Å². The highest BCUT2D eigenvalue weighted by molar-refractivity contribution is 5.91. The topological polar surface area (TPSA) is 45.1 Å². The number of nitrogens with one attached hydrogen (secondary N) is 1. The van der Waals surface area contributed by atoms with Gasteiger partial charge in [0.05, 0.1) is 6.10 Å². The quantitative estimate of drug-likeness (QED) is 0.757. The highest BCUT2D eigenvalue weighted by Crippen LogP contribution is 2.24. The molecule has 118 valence electrons. The fraction of sp³-hybridized carbons (Fsp3) is 0.167. The highest BCUT2D eigenvalue weighted by atomic mass is 19.1. The molecule has 0 bridgehead atoms. The number of rotatable bonds is 5. The van der Waals surface area contributed by atoms with Crippen LogP contribution in [0.5, 0.6) is 0 Å². The zero-order chi connectivity index (χ0) is 16.2. The molecule has 3 nitrogen and oxygen atoms in total. The molecule has 0 radical (unpaired) electrons. The van der Waals surface area contributed by atoms with Crippen LogP contribution in [0, 0.1) is 11.6 Å². The number of fused-ring (bicyclic) bond motifs is 1. The van der Waals surface area contributed by atoms with E-state index in [9.17, 15) is 13.9 Å². The minimum absolute atomic E-state index is 0.106. The molecule has 0 aliphatic heterocycles.